The first kappa shape index (κ1) is 15.8. The topological polar surface area (TPSA) is 0 Å². The summed E-state index contributed by atoms with van der Waals surface area (Å²) < 4.78 is 0. The van der Waals surface area contributed by atoms with Crippen LogP contribution in [-0.4, -0.2) is 0 Å². The molecule has 1 aliphatic carbocycles. The molecule has 0 aromatic heterocycles. The molecule has 0 fully saturated rings. The average molecular weight is 348 g/mol. The minimum Gasteiger partial charge on any atom is -0.273 e. The Bertz CT molecular complexity index is 690. The van der Waals surface area contributed by atoms with Crippen molar-refractivity contribution in [1.29, 1.82) is 0 Å². The van der Waals surface area contributed by atoms with Gasteiger partial charge in [0.1, 0.15) is 0 Å². The van der Waals surface area contributed by atoms with Crippen LogP contribution in [0.4, 0.5) is 0 Å². The molecular formula is C20H16Zr. The molecule has 0 bridgehead atoms. The quantitative estimate of drug-likeness (QED) is 0.508. The second-order valence-electron chi connectivity index (χ2n) is 4.74. The Morgan fingerprint density at radius 2 is 1.67 bits per heavy atom. The van der Waals surface area contributed by atoms with Crippen LogP contribution in [0.3, 0.4) is 0 Å². The van der Waals surface area contributed by atoms with Crippen molar-refractivity contribution >= 4 is 10.8 Å². The summed E-state index contributed by atoms with van der Waals surface area (Å²) in [6.07, 6.45) is 10.0. The van der Waals surface area contributed by atoms with E-state index in [1.54, 1.807) is 0 Å². The first-order chi connectivity index (χ1) is 9.93. The third-order valence-corrected chi connectivity index (χ3v) is 3.31. The Balaban J connectivity index is 0.000000231. The van der Waals surface area contributed by atoms with E-state index in [0.717, 1.165) is 6.42 Å². The molecule has 0 nitrogen and oxygen atoms in total. The summed E-state index contributed by atoms with van der Waals surface area (Å²) >= 11 is 0. The van der Waals surface area contributed by atoms with Crippen LogP contribution in [-0.2, 0) is 26.2 Å². The summed E-state index contributed by atoms with van der Waals surface area (Å²) in [5, 5.41) is 2.63. The van der Waals surface area contributed by atoms with Gasteiger partial charge < -0.3 is 0 Å². The van der Waals surface area contributed by atoms with Gasteiger partial charge in [0.05, 0.1) is 0 Å². The molecule has 1 heteroatoms. The average Bonchev–Trinajstić information content (AvgIpc) is 3.20. The van der Waals surface area contributed by atoms with Crippen LogP contribution in [0.2, 0.25) is 0 Å². The summed E-state index contributed by atoms with van der Waals surface area (Å²) in [4.78, 5) is 0. The molecule has 0 N–H and O–H groups in total. The van der Waals surface area contributed by atoms with Gasteiger partial charge in [0.15, 0.2) is 0 Å². The summed E-state index contributed by atoms with van der Waals surface area (Å²) in [5.41, 5.74) is 2.59. The number of hydrogen-bond acceptors (Lipinski definition) is 0. The Morgan fingerprint density at radius 3 is 2.29 bits per heavy atom. The van der Waals surface area contributed by atoms with Crippen molar-refractivity contribution in [3.05, 3.63) is 91.0 Å². The van der Waals surface area contributed by atoms with Crippen molar-refractivity contribution in [3.8, 4) is 11.1 Å². The second kappa shape index (κ2) is 8.00. The van der Waals surface area contributed by atoms with E-state index in [0.29, 0.717) is 0 Å². The predicted molar refractivity (Wildman–Crippen MR) is 86.5 cm³/mol. The molecule has 0 atom stereocenters. The molecule has 21 heavy (non-hydrogen) atoms. The fourth-order valence-corrected chi connectivity index (χ4v) is 2.29. The standard InChI is InChI=1S/C15H11.C5H5.Zr/c1-2-6-12(7-3-1)15-10-13-8-4-5-9-14(13)11-15;1-2-4-5-3-1;/h1-11H;1-3H,4H2;/q2*-1;+2. The van der Waals surface area contributed by atoms with Crippen molar-refractivity contribution in [3.63, 3.8) is 0 Å². The monoisotopic (exact) mass is 346 g/mol. The van der Waals surface area contributed by atoms with E-state index in [-0.39, 0.29) is 26.2 Å². The largest absolute Gasteiger partial charge is 2.00 e. The zero-order valence-electron chi connectivity index (χ0n) is 11.8. The molecule has 0 amide bonds. The van der Waals surface area contributed by atoms with Gasteiger partial charge >= 0.3 is 26.2 Å². The van der Waals surface area contributed by atoms with Crippen LogP contribution in [0.1, 0.15) is 6.42 Å². The number of fused-ring (bicyclic) bond motifs is 1. The predicted octanol–water partition coefficient (Wildman–Crippen LogP) is 5.53. The number of hydrogen-bond donors (Lipinski definition) is 0. The van der Waals surface area contributed by atoms with Crippen molar-refractivity contribution in [1.82, 2.24) is 0 Å². The van der Waals surface area contributed by atoms with Gasteiger partial charge in [-0.3, -0.25) is 6.08 Å². The molecule has 0 saturated carbocycles. The van der Waals surface area contributed by atoms with Gasteiger partial charge in [0.25, 0.3) is 0 Å². The number of allylic oxidation sites excluding steroid dienone is 4. The van der Waals surface area contributed by atoms with Crippen LogP contribution >= 0.6 is 0 Å². The molecule has 0 unspecified atom stereocenters. The van der Waals surface area contributed by atoms with E-state index in [1.165, 1.54) is 21.9 Å². The molecule has 0 spiro atoms. The summed E-state index contributed by atoms with van der Waals surface area (Å²) in [5.74, 6) is 0. The zero-order valence-corrected chi connectivity index (χ0v) is 14.2. The Labute approximate surface area is 145 Å². The Morgan fingerprint density at radius 1 is 0.905 bits per heavy atom. The van der Waals surface area contributed by atoms with Crippen molar-refractivity contribution in [2.75, 3.05) is 0 Å². The minimum absolute atomic E-state index is 0. The number of benzene rings is 2. The molecule has 0 saturated heterocycles. The Kier molecular flexibility index (Phi) is 6.02. The van der Waals surface area contributed by atoms with Crippen molar-refractivity contribution in [2.24, 2.45) is 0 Å². The van der Waals surface area contributed by atoms with Gasteiger partial charge in [-0.15, -0.1) is 41.0 Å². The van der Waals surface area contributed by atoms with Crippen LogP contribution in [0.25, 0.3) is 21.9 Å². The number of rotatable bonds is 1. The molecule has 3 aromatic carbocycles. The molecular weight excluding hydrogens is 331 g/mol. The maximum atomic E-state index is 2.99. The van der Waals surface area contributed by atoms with E-state index >= 15 is 0 Å². The third kappa shape index (κ3) is 4.19. The van der Waals surface area contributed by atoms with Crippen LogP contribution < -0.4 is 0 Å². The second-order valence-corrected chi connectivity index (χ2v) is 4.74. The molecule has 0 aliphatic heterocycles. The van der Waals surface area contributed by atoms with Gasteiger partial charge in [-0.2, -0.15) is 6.08 Å². The third-order valence-electron chi connectivity index (χ3n) is 3.31. The maximum Gasteiger partial charge on any atom is 2.00 e. The summed E-state index contributed by atoms with van der Waals surface area (Å²) in [6.45, 7) is 0. The zero-order chi connectivity index (χ0) is 13.6. The van der Waals surface area contributed by atoms with Gasteiger partial charge in [-0.25, -0.2) is 12.2 Å². The molecule has 1 aliphatic rings. The van der Waals surface area contributed by atoms with Gasteiger partial charge in [0.2, 0.25) is 0 Å². The molecule has 3 aromatic rings. The van der Waals surface area contributed by atoms with E-state index in [2.05, 4.69) is 72.8 Å². The molecule has 4 rings (SSSR count). The summed E-state index contributed by atoms with van der Waals surface area (Å²) in [6, 6.07) is 23.4. The normalized spacial score (nSPS) is 11.8. The van der Waals surface area contributed by atoms with Crippen molar-refractivity contribution < 1.29 is 26.2 Å². The van der Waals surface area contributed by atoms with Crippen LogP contribution in [0.5, 0.6) is 0 Å². The van der Waals surface area contributed by atoms with E-state index in [4.69, 9.17) is 0 Å². The van der Waals surface area contributed by atoms with E-state index < -0.39 is 0 Å². The van der Waals surface area contributed by atoms with E-state index in [1.807, 2.05) is 18.2 Å². The minimum atomic E-state index is 0. The van der Waals surface area contributed by atoms with Crippen LogP contribution in [0.15, 0.2) is 85.0 Å². The fourth-order valence-electron chi connectivity index (χ4n) is 2.29. The molecule has 0 radical (unpaired) electrons. The van der Waals surface area contributed by atoms with Gasteiger partial charge in [0, 0.05) is 0 Å². The molecule has 0 heterocycles. The van der Waals surface area contributed by atoms with Gasteiger partial charge in [-0.1, -0.05) is 54.1 Å². The fraction of sp³-hybridized carbons (Fsp3) is 0.0500. The van der Waals surface area contributed by atoms with Crippen molar-refractivity contribution in [2.45, 2.75) is 6.42 Å². The van der Waals surface area contributed by atoms with Crippen LogP contribution in [0, 0.1) is 6.08 Å². The first-order valence-electron chi connectivity index (χ1n) is 6.86. The summed E-state index contributed by atoms with van der Waals surface area (Å²) in [7, 11) is 0. The van der Waals surface area contributed by atoms with E-state index in [9.17, 15) is 0 Å². The maximum absolute atomic E-state index is 2.99. The smallest absolute Gasteiger partial charge is 0.273 e. The van der Waals surface area contributed by atoms with Gasteiger partial charge in [-0.05, 0) is 0 Å². The first-order valence-corrected chi connectivity index (χ1v) is 6.86. The Hall–Kier alpha value is -1.59. The SMILES string of the molecule is [C-]1=CC=CC1.[Zr+2].c1ccc(-c2cc3ccccc3[cH-]2)cc1. The molecule has 100 valence electrons.